The number of hydrogen-bond acceptors (Lipinski definition) is 6. The van der Waals surface area contributed by atoms with E-state index in [0.29, 0.717) is 27.0 Å². The zero-order chi connectivity index (χ0) is 17.7. The van der Waals surface area contributed by atoms with Gasteiger partial charge in [0.15, 0.2) is 5.57 Å². The molecule has 8 heteroatoms. The van der Waals surface area contributed by atoms with Gasteiger partial charge in [0.05, 0.1) is 0 Å². The number of thiazole rings is 1. The smallest absolute Gasteiger partial charge is 0.270 e. The summed E-state index contributed by atoms with van der Waals surface area (Å²) in [5.41, 5.74) is 5.86. The Labute approximate surface area is 141 Å². The molecule has 120 valence electrons. The Morgan fingerprint density at radius 1 is 1.33 bits per heavy atom. The van der Waals surface area contributed by atoms with Gasteiger partial charge in [-0.3, -0.25) is 14.2 Å². The minimum atomic E-state index is -0.518. The molecule has 0 spiro atoms. The summed E-state index contributed by atoms with van der Waals surface area (Å²) in [6.45, 7) is 2.13. The van der Waals surface area contributed by atoms with Crippen LogP contribution in [0.2, 0.25) is 0 Å². The van der Waals surface area contributed by atoms with Crippen LogP contribution in [0.1, 0.15) is 17.3 Å². The number of nitrogens with one attached hydrogen (secondary N) is 1. The number of carbonyl (C=O) groups is 1. The maximum Gasteiger partial charge on any atom is 0.270 e. The van der Waals surface area contributed by atoms with Gasteiger partial charge in [0, 0.05) is 24.0 Å². The molecule has 1 heterocycles. The highest BCUT2D eigenvalue weighted by Crippen LogP contribution is 2.08. The SMILES string of the molecule is CCn1c(=C(C#N)C#N)s/c(=C\Nc2ccc(C(N)=O)cc2)c1=O. The molecule has 2 rings (SSSR count). The lowest BCUT2D eigenvalue weighted by Crippen LogP contribution is -2.31. The summed E-state index contributed by atoms with van der Waals surface area (Å²) in [4.78, 5) is 23.4. The summed E-state index contributed by atoms with van der Waals surface area (Å²) >= 11 is 1.07. The molecular formula is C16H13N5O2S. The van der Waals surface area contributed by atoms with E-state index in [1.165, 1.54) is 10.8 Å². The highest BCUT2D eigenvalue weighted by atomic mass is 32.1. The van der Waals surface area contributed by atoms with Gasteiger partial charge in [-0.1, -0.05) is 0 Å². The number of nitriles is 2. The maximum absolute atomic E-state index is 12.3. The fourth-order valence-electron chi connectivity index (χ4n) is 1.99. The Kier molecular flexibility index (Phi) is 5.15. The fourth-order valence-corrected chi connectivity index (χ4v) is 3.03. The van der Waals surface area contributed by atoms with Crippen molar-refractivity contribution in [1.29, 1.82) is 10.5 Å². The fraction of sp³-hybridized carbons (Fsp3) is 0.125. The zero-order valence-corrected chi connectivity index (χ0v) is 13.6. The number of nitrogens with zero attached hydrogens (tertiary/aromatic N) is 3. The summed E-state index contributed by atoms with van der Waals surface area (Å²) in [6, 6.07) is 10.1. The molecule has 0 atom stereocenters. The second-order valence-corrected chi connectivity index (χ2v) is 5.68. The summed E-state index contributed by atoms with van der Waals surface area (Å²) in [6.07, 6.45) is 1.51. The van der Waals surface area contributed by atoms with Gasteiger partial charge >= 0.3 is 0 Å². The normalized spacial score (nSPS) is 10.7. The Morgan fingerprint density at radius 3 is 2.46 bits per heavy atom. The van der Waals surface area contributed by atoms with Crippen molar-refractivity contribution in [2.75, 3.05) is 5.32 Å². The van der Waals surface area contributed by atoms with Crippen molar-refractivity contribution < 1.29 is 4.79 Å². The molecule has 0 aliphatic carbocycles. The monoisotopic (exact) mass is 339 g/mol. The molecule has 0 bridgehead atoms. The van der Waals surface area contributed by atoms with Gasteiger partial charge in [-0.05, 0) is 31.2 Å². The van der Waals surface area contributed by atoms with E-state index in [4.69, 9.17) is 16.3 Å². The van der Waals surface area contributed by atoms with Crippen molar-refractivity contribution in [1.82, 2.24) is 4.57 Å². The van der Waals surface area contributed by atoms with Crippen molar-refractivity contribution in [2.45, 2.75) is 13.5 Å². The lowest BCUT2D eigenvalue weighted by atomic mass is 10.2. The number of hydrogen-bond donors (Lipinski definition) is 2. The van der Waals surface area contributed by atoms with Crippen molar-refractivity contribution in [2.24, 2.45) is 5.73 Å². The first kappa shape index (κ1) is 17.0. The summed E-state index contributed by atoms with van der Waals surface area (Å²) in [5, 5.41) is 20.9. The molecule has 0 saturated heterocycles. The van der Waals surface area contributed by atoms with Gasteiger partial charge in [-0.25, -0.2) is 0 Å². The minimum absolute atomic E-state index is 0.0931. The van der Waals surface area contributed by atoms with Gasteiger partial charge in [0.1, 0.15) is 21.3 Å². The average molecular weight is 339 g/mol. The number of rotatable bonds is 4. The number of anilines is 1. The summed E-state index contributed by atoms with van der Waals surface area (Å²) in [5.74, 6) is -0.518. The molecule has 2 aromatic rings. The molecule has 0 saturated carbocycles. The number of aromatic nitrogens is 1. The van der Waals surface area contributed by atoms with Crippen LogP contribution in [-0.2, 0) is 6.54 Å². The number of carbonyl (C=O) groups excluding carboxylic acids is 1. The molecular weight excluding hydrogens is 326 g/mol. The number of benzene rings is 1. The van der Waals surface area contributed by atoms with Crippen LogP contribution in [0.15, 0.2) is 29.1 Å². The summed E-state index contributed by atoms with van der Waals surface area (Å²) in [7, 11) is 0. The van der Waals surface area contributed by atoms with Gasteiger partial charge in [-0.15, -0.1) is 11.3 Å². The van der Waals surface area contributed by atoms with E-state index >= 15 is 0 Å². The minimum Gasteiger partial charge on any atom is -0.366 e. The van der Waals surface area contributed by atoms with Crippen molar-refractivity contribution in [3.05, 3.63) is 49.4 Å². The van der Waals surface area contributed by atoms with Crippen molar-refractivity contribution in [3.8, 4) is 12.1 Å². The summed E-state index contributed by atoms with van der Waals surface area (Å²) < 4.78 is 2.09. The van der Waals surface area contributed by atoms with Crippen LogP contribution >= 0.6 is 11.3 Å². The van der Waals surface area contributed by atoms with Crippen LogP contribution in [-0.4, -0.2) is 10.5 Å². The second kappa shape index (κ2) is 7.27. The molecule has 0 radical (unpaired) electrons. The topological polar surface area (TPSA) is 125 Å². The Balaban J connectivity index is 2.47. The van der Waals surface area contributed by atoms with E-state index in [9.17, 15) is 9.59 Å². The molecule has 1 amide bonds. The Bertz CT molecular complexity index is 1020. The molecule has 0 unspecified atom stereocenters. The molecule has 0 aliphatic heterocycles. The Morgan fingerprint density at radius 2 is 1.96 bits per heavy atom. The van der Waals surface area contributed by atoms with Gasteiger partial charge in [-0.2, -0.15) is 10.5 Å². The first-order valence-electron chi connectivity index (χ1n) is 6.92. The Hall–Kier alpha value is -3.36. The van der Waals surface area contributed by atoms with E-state index in [1.807, 2.05) is 0 Å². The van der Waals surface area contributed by atoms with E-state index in [0.717, 1.165) is 11.3 Å². The van der Waals surface area contributed by atoms with Gasteiger partial charge in [0.25, 0.3) is 5.56 Å². The predicted molar refractivity (Wildman–Crippen MR) is 91.2 cm³/mol. The van der Waals surface area contributed by atoms with E-state index in [1.54, 1.807) is 43.3 Å². The lowest BCUT2D eigenvalue weighted by Gasteiger charge is -2.00. The van der Waals surface area contributed by atoms with Crippen molar-refractivity contribution >= 4 is 34.7 Å². The number of nitrogens with two attached hydrogens (primary N) is 1. The van der Waals surface area contributed by atoms with E-state index in [-0.39, 0.29) is 11.1 Å². The van der Waals surface area contributed by atoms with Crippen LogP contribution < -0.4 is 25.8 Å². The molecule has 7 nitrogen and oxygen atoms in total. The molecule has 0 aliphatic rings. The first-order chi connectivity index (χ1) is 11.5. The van der Waals surface area contributed by atoms with Crippen LogP contribution in [0.25, 0.3) is 11.8 Å². The van der Waals surface area contributed by atoms with Crippen LogP contribution in [0.5, 0.6) is 0 Å². The second-order valence-electron chi connectivity index (χ2n) is 4.65. The third-order valence-corrected chi connectivity index (χ3v) is 4.33. The highest BCUT2D eigenvalue weighted by molar-refractivity contribution is 7.07. The van der Waals surface area contributed by atoms with Crippen LogP contribution in [0.4, 0.5) is 5.69 Å². The predicted octanol–water partition coefficient (Wildman–Crippen LogP) is 0.0766. The largest absolute Gasteiger partial charge is 0.366 e. The van der Waals surface area contributed by atoms with Gasteiger partial charge < -0.3 is 11.1 Å². The molecule has 3 N–H and O–H groups in total. The average Bonchev–Trinajstić information content (AvgIpc) is 2.90. The van der Waals surface area contributed by atoms with Gasteiger partial charge in [0.2, 0.25) is 5.91 Å². The van der Waals surface area contributed by atoms with Crippen LogP contribution in [0, 0.1) is 22.7 Å². The highest BCUT2D eigenvalue weighted by Gasteiger charge is 2.07. The molecule has 0 fully saturated rings. The standard InChI is InChI=1S/C16H13N5O2S/c1-2-21-15(23)13(24-16(21)11(7-17)8-18)9-20-12-5-3-10(4-6-12)14(19)22/h3-6,9,20H,2H2,1H3,(H2,19,22)/b13-9-. The van der Waals surface area contributed by atoms with Crippen LogP contribution in [0.3, 0.4) is 0 Å². The van der Waals surface area contributed by atoms with E-state index in [2.05, 4.69) is 5.32 Å². The zero-order valence-electron chi connectivity index (χ0n) is 12.7. The van der Waals surface area contributed by atoms with E-state index < -0.39 is 5.91 Å². The third-order valence-electron chi connectivity index (χ3n) is 3.20. The molecule has 24 heavy (non-hydrogen) atoms. The molecule has 1 aromatic carbocycles. The molecule has 1 aromatic heterocycles. The number of amides is 1. The number of primary amides is 1. The lowest BCUT2D eigenvalue weighted by molar-refractivity contribution is 0.100. The maximum atomic E-state index is 12.3. The van der Waals surface area contributed by atoms with Crippen molar-refractivity contribution in [3.63, 3.8) is 0 Å². The quantitative estimate of drug-likeness (QED) is 0.816. The third kappa shape index (κ3) is 3.35. The first-order valence-corrected chi connectivity index (χ1v) is 7.74.